The van der Waals surface area contributed by atoms with Gasteiger partial charge in [0.15, 0.2) is 5.78 Å². The molecule has 0 aromatic heterocycles. The van der Waals surface area contributed by atoms with Crippen LogP contribution in [0.25, 0.3) is 0 Å². The second kappa shape index (κ2) is 7.26. The summed E-state index contributed by atoms with van der Waals surface area (Å²) < 4.78 is 4.85. The number of hydrogen-bond acceptors (Lipinski definition) is 4. The fourth-order valence-corrected chi connectivity index (χ4v) is 1.89. The Hall–Kier alpha value is -1.23. The zero-order chi connectivity index (χ0) is 13.5. The molecule has 0 saturated carbocycles. The molecule has 4 nitrogen and oxygen atoms in total. The maximum absolute atomic E-state index is 12.1. The average Bonchev–Trinajstić information content (AvgIpc) is 2.29. The van der Waals surface area contributed by atoms with Gasteiger partial charge in [0.25, 0.3) is 0 Å². The van der Waals surface area contributed by atoms with Crippen molar-refractivity contribution in [3.05, 3.63) is 35.4 Å². The fraction of sp³-hybridized carbons (Fsp3) is 0.500. The van der Waals surface area contributed by atoms with Crippen LogP contribution in [0.3, 0.4) is 0 Å². The van der Waals surface area contributed by atoms with E-state index in [1.54, 1.807) is 12.0 Å². The number of likely N-dealkylation sites (N-methyl/N-ethyl adjacent to an activating group) is 1. The largest absolute Gasteiger partial charge is 0.389 e. The van der Waals surface area contributed by atoms with E-state index in [1.165, 1.54) is 0 Å². The summed E-state index contributed by atoms with van der Waals surface area (Å²) in [5.74, 6) is 0.0696. The second-order valence-electron chi connectivity index (χ2n) is 4.54. The van der Waals surface area contributed by atoms with Crippen LogP contribution in [0, 0.1) is 6.92 Å². The number of rotatable bonds is 7. The molecule has 100 valence electrons. The van der Waals surface area contributed by atoms with Crippen LogP contribution in [0.4, 0.5) is 0 Å². The van der Waals surface area contributed by atoms with Gasteiger partial charge < -0.3 is 9.84 Å². The minimum atomic E-state index is -0.565. The van der Waals surface area contributed by atoms with Crippen LogP contribution >= 0.6 is 0 Å². The highest BCUT2D eigenvalue weighted by atomic mass is 16.5. The van der Waals surface area contributed by atoms with Crippen molar-refractivity contribution in [2.24, 2.45) is 0 Å². The SMILES string of the molecule is COCC(O)CN(C)CC(=O)c1ccccc1C. The number of methoxy groups -OCH3 is 1. The Morgan fingerprint density at radius 2 is 2.11 bits per heavy atom. The van der Waals surface area contributed by atoms with E-state index in [4.69, 9.17) is 4.74 Å². The summed E-state index contributed by atoms with van der Waals surface area (Å²) in [5.41, 5.74) is 1.72. The summed E-state index contributed by atoms with van der Waals surface area (Å²) in [6.07, 6.45) is -0.565. The summed E-state index contributed by atoms with van der Waals surface area (Å²) in [6.45, 7) is 2.92. The highest BCUT2D eigenvalue weighted by molar-refractivity contribution is 5.98. The van der Waals surface area contributed by atoms with Gasteiger partial charge in [-0.15, -0.1) is 0 Å². The Balaban J connectivity index is 2.52. The van der Waals surface area contributed by atoms with Gasteiger partial charge in [0.1, 0.15) is 0 Å². The lowest BCUT2D eigenvalue weighted by molar-refractivity contribution is 0.0427. The lowest BCUT2D eigenvalue weighted by Gasteiger charge is -2.19. The van der Waals surface area contributed by atoms with Crippen molar-refractivity contribution in [1.82, 2.24) is 4.90 Å². The molecule has 1 unspecified atom stereocenters. The van der Waals surface area contributed by atoms with Crippen molar-refractivity contribution in [2.45, 2.75) is 13.0 Å². The number of aryl methyl sites for hydroxylation is 1. The number of Topliss-reactive ketones (excluding diaryl/α,β-unsaturated/α-hetero) is 1. The molecule has 1 aromatic rings. The molecule has 0 amide bonds. The van der Waals surface area contributed by atoms with E-state index in [0.29, 0.717) is 13.1 Å². The van der Waals surface area contributed by atoms with E-state index in [9.17, 15) is 9.90 Å². The first-order chi connectivity index (χ1) is 8.54. The molecular weight excluding hydrogens is 230 g/mol. The Labute approximate surface area is 108 Å². The molecule has 0 aliphatic carbocycles. The van der Waals surface area contributed by atoms with Gasteiger partial charge in [-0.05, 0) is 19.5 Å². The van der Waals surface area contributed by atoms with E-state index >= 15 is 0 Å². The number of nitrogens with zero attached hydrogens (tertiary/aromatic N) is 1. The number of carbonyl (C=O) groups excluding carboxylic acids is 1. The van der Waals surface area contributed by atoms with Gasteiger partial charge in [-0.1, -0.05) is 24.3 Å². The third kappa shape index (κ3) is 4.56. The number of aliphatic hydroxyl groups excluding tert-OH is 1. The first-order valence-electron chi connectivity index (χ1n) is 5.99. The van der Waals surface area contributed by atoms with Gasteiger partial charge >= 0.3 is 0 Å². The van der Waals surface area contributed by atoms with E-state index < -0.39 is 6.10 Å². The van der Waals surface area contributed by atoms with Crippen LogP contribution in [0.2, 0.25) is 0 Å². The number of benzene rings is 1. The molecule has 0 spiro atoms. The second-order valence-corrected chi connectivity index (χ2v) is 4.54. The normalized spacial score (nSPS) is 12.7. The van der Waals surface area contributed by atoms with Gasteiger partial charge in [0.2, 0.25) is 0 Å². The lowest BCUT2D eigenvalue weighted by atomic mass is 10.0. The van der Waals surface area contributed by atoms with Crippen molar-refractivity contribution in [2.75, 3.05) is 33.9 Å². The highest BCUT2D eigenvalue weighted by Gasteiger charge is 2.13. The van der Waals surface area contributed by atoms with Gasteiger partial charge in [0.05, 0.1) is 19.3 Å². The van der Waals surface area contributed by atoms with Gasteiger partial charge in [-0.3, -0.25) is 9.69 Å². The summed E-state index contributed by atoms with van der Waals surface area (Å²) >= 11 is 0. The van der Waals surface area contributed by atoms with E-state index in [0.717, 1.165) is 11.1 Å². The van der Waals surface area contributed by atoms with Gasteiger partial charge in [-0.2, -0.15) is 0 Å². The van der Waals surface area contributed by atoms with Crippen molar-refractivity contribution >= 4 is 5.78 Å². The third-order valence-electron chi connectivity index (χ3n) is 2.74. The topological polar surface area (TPSA) is 49.8 Å². The standard InChI is InChI=1S/C14H21NO3/c1-11-6-4-5-7-13(11)14(17)9-15(2)8-12(16)10-18-3/h4-7,12,16H,8-10H2,1-3H3. The molecule has 18 heavy (non-hydrogen) atoms. The van der Waals surface area contributed by atoms with Crippen molar-refractivity contribution in [3.63, 3.8) is 0 Å². The molecule has 0 fully saturated rings. The van der Waals surface area contributed by atoms with Crippen LogP contribution < -0.4 is 0 Å². The molecule has 1 aromatic carbocycles. The van der Waals surface area contributed by atoms with Crippen LogP contribution in [-0.4, -0.2) is 55.7 Å². The molecular formula is C14H21NO3. The number of aliphatic hydroxyl groups is 1. The van der Waals surface area contributed by atoms with Crippen molar-refractivity contribution in [1.29, 1.82) is 0 Å². The molecule has 0 heterocycles. The zero-order valence-electron chi connectivity index (χ0n) is 11.2. The fourth-order valence-electron chi connectivity index (χ4n) is 1.89. The number of hydrogen-bond donors (Lipinski definition) is 1. The summed E-state index contributed by atoms with van der Waals surface area (Å²) in [4.78, 5) is 13.9. The Bertz CT molecular complexity index is 392. The quantitative estimate of drug-likeness (QED) is 0.738. The van der Waals surface area contributed by atoms with Gasteiger partial charge in [-0.25, -0.2) is 0 Å². The minimum absolute atomic E-state index is 0.0696. The maximum atomic E-state index is 12.1. The molecule has 1 atom stereocenters. The van der Waals surface area contributed by atoms with Crippen LogP contribution in [-0.2, 0) is 4.74 Å². The third-order valence-corrected chi connectivity index (χ3v) is 2.74. The van der Waals surface area contributed by atoms with E-state index in [2.05, 4.69) is 0 Å². The Morgan fingerprint density at radius 3 is 2.72 bits per heavy atom. The Morgan fingerprint density at radius 1 is 1.44 bits per heavy atom. The number of ether oxygens (including phenoxy) is 1. The Kier molecular flexibility index (Phi) is 5.98. The molecule has 0 aliphatic heterocycles. The molecule has 0 saturated heterocycles. The average molecular weight is 251 g/mol. The molecule has 0 radical (unpaired) electrons. The minimum Gasteiger partial charge on any atom is -0.389 e. The van der Waals surface area contributed by atoms with Gasteiger partial charge in [0, 0.05) is 19.2 Å². The maximum Gasteiger partial charge on any atom is 0.177 e. The van der Waals surface area contributed by atoms with E-state index in [1.807, 2.05) is 38.2 Å². The molecule has 0 aliphatic rings. The highest BCUT2D eigenvalue weighted by Crippen LogP contribution is 2.08. The lowest BCUT2D eigenvalue weighted by Crippen LogP contribution is -2.35. The smallest absolute Gasteiger partial charge is 0.177 e. The van der Waals surface area contributed by atoms with Crippen LogP contribution in [0.5, 0.6) is 0 Å². The van der Waals surface area contributed by atoms with Crippen LogP contribution in [0.15, 0.2) is 24.3 Å². The summed E-state index contributed by atoms with van der Waals surface area (Å²) in [7, 11) is 3.36. The summed E-state index contributed by atoms with van der Waals surface area (Å²) in [5, 5.41) is 9.58. The molecule has 1 rings (SSSR count). The number of ketones is 1. The van der Waals surface area contributed by atoms with E-state index in [-0.39, 0.29) is 12.4 Å². The van der Waals surface area contributed by atoms with Crippen molar-refractivity contribution in [3.8, 4) is 0 Å². The zero-order valence-corrected chi connectivity index (χ0v) is 11.2. The van der Waals surface area contributed by atoms with Crippen molar-refractivity contribution < 1.29 is 14.6 Å². The predicted molar refractivity (Wildman–Crippen MR) is 70.9 cm³/mol. The monoisotopic (exact) mass is 251 g/mol. The van der Waals surface area contributed by atoms with Crippen LogP contribution in [0.1, 0.15) is 15.9 Å². The predicted octanol–water partition coefficient (Wildman–Crippen LogP) is 1.12. The molecule has 1 N–H and O–H groups in total. The first kappa shape index (κ1) is 14.8. The molecule has 0 bridgehead atoms. The molecule has 4 heteroatoms. The number of carbonyl (C=O) groups is 1. The first-order valence-corrected chi connectivity index (χ1v) is 5.99. The summed E-state index contributed by atoms with van der Waals surface area (Å²) in [6, 6.07) is 7.53.